The van der Waals surface area contributed by atoms with E-state index in [4.69, 9.17) is 4.74 Å². The molecule has 0 spiro atoms. The van der Waals surface area contributed by atoms with Gasteiger partial charge in [-0.1, -0.05) is 18.2 Å². The van der Waals surface area contributed by atoms with Crippen molar-refractivity contribution in [2.75, 3.05) is 13.2 Å². The van der Waals surface area contributed by atoms with Crippen molar-refractivity contribution >= 4 is 21.9 Å². The molecule has 9 heteroatoms. The molecular weight excluding hydrogens is 360 g/mol. The number of hydrogen-bond donors (Lipinski definition) is 3. The fourth-order valence-electron chi connectivity index (χ4n) is 1.99. The lowest BCUT2D eigenvalue weighted by molar-refractivity contribution is -0.142. The molecule has 0 aliphatic heterocycles. The monoisotopic (exact) mass is 386 g/mol. The minimum Gasteiger partial charge on any atom is -0.480 e. The Balaban J connectivity index is 2.45. The number of aliphatic carboxylic acids is 1. The van der Waals surface area contributed by atoms with Gasteiger partial charge in [-0.15, -0.1) is 0 Å². The van der Waals surface area contributed by atoms with Crippen molar-refractivity contribution in [1.29, 1.82) is 0 Å². The SMILES string of the molecule is CC(C)(C)OCCC(NC(=O)CCNS(=O)(=O)c1ccccc1)C(=O)O. The standard InChI is InChI=1S/C17H26N2O6S/c1-17(2,3)25-12-10-14(16(21)22)19-15(20)9-11-18-26(23,24)13-7-5-4-6-8-13/h4-8,14,18H,9-12H2,1-3H3,(H,19,20)(H,21,22). The van der Waals surface area contributed by atoms with E-state index >= 15 is 0 Å². The molecule has 0 fully saturated rings. The molecular formula is C17H26N2O6S. The zero-order valence-electron chi connectivity index (χ0n) is 15.2. The summed E-state index contributed by atoms with van der Waals surface area (Å²) in [5.74, 6) is -1.72. The number of nitrogens with one attached hydrogen (secondary N) is 2. The van der Waals surface area contributed by atoms with Crippen LogP contribution in [0.3, 0.4) is 0 Å². The lowest BCUT2D eigenvalue weighted by atomic mass is 10.1. The van der Waals surface area contributed by atoms with E-state index in [2.05, 4.69) is 10.0 Å². The van der Waals surface area contributed by atoms with Gasteiger partial charge in [0.25, 0.3) is 0 Å². The summed E-state index contributed by atoms with van der Waals surface area (Å²) in [4.78, 5) is 23.2. The number of rotatable bonds is 10. The number of sulfonamides is 1. The predicted octanol–water partition coefficient (Wildman–Crippen LogP) is 1.13. The van der Waals surface area contributed by atoms with Crippen molar-refractivity contribution in [3.63, 3.8) is 0 Å². The molecule has 1 rings (SSSR count). The van der Waals surface area contributed by atoms with Crippen LogP contribution in [0.2, 0.25) is 0 Å². The molecule has 0 heterocycles. The van der Waals surface area contributed by atoms with Gasteiger partial charge in [0.1, 0.15) is 6.04 Å². The number of benzene rings is 1. The third kappa shape index (κ3) is 8.41. The van der Waals surface area contributed by atoms with E-state index in [-0.39, 0.29) is 30.9 Å². The molecule has 3 N–H and O–H groups in total. The molecule has 1 aromatic carbocycles. The Morgan fingerprint density at radius 2 is 1.81 bits per heavy atom. The first kappa shape index (κ1) is 22.1. The zero-order chi connectivity index (χ0) is 19.8. The second kappa shape index (κ2) is 9.65. The Morgan fingerprint density at radius 1 is 1.19 bits per heavy atom. The highest BCUT2D eigenvalue weighted by Crippen LogP contribution is 2.08. The minimum absolute atomic E-state index is 0.100. The molecule has 1 aromatic rings. The summed E-state index contributed by atoms with van der Waals surface area (Å²) in [7, 11) is -3.70. The van der Waals surface area contributed by atoms with Crippen LogP contribution < -0.4 is 10.0 Å². The second-order valence-corrected chi connectivity index (χ2v) is 8.44. The quantitative estimate of drug-likeness (QED) is 0.554. The molecule has 0 bridgehead atoms. The molecule has 0 saturated heterocycles. The summed E-state index contributed by atoms with van der Waals surface area (Å²) < 4.78 is 31.8. The molecule has 1 atom stereocenters. The number of carboxylic acids is 1. The highest BCUT2D eigenvalue weighted by Gasteiger charge is 2.21. The fraction of sp³-hybridized carbons (Fsp3) is 0.529. The highest BCUT2D eigenvalue weighted by atomic mass is 32.2. The molecule has 8 nitrogen and oxygen atoms in total. The topological polar surface area (TPSA) is 122 Å². The van der Waals surface area contributed by atoms with Crippen molar-refractivity contribution < 1.29 is 27.9 Å². The summed E-state index contributed by atoms with van der Waals surface area (Å²) in [6.07, 6.45) is -0.0515. The first-order valence-corrected chi connectivity index (χ1v) is 9.70. The van der Waals surface area contributed by atoms with E-state index in [1.54, 1.807) is 18.2 Å². The maximum Gasteiger partial charge on any atom is 0.326 e. The number of carbonyl (C=O) groups is 2. The minimum atomic E-state index is -3.70. The van der Waals surface area contributed by atoms with Gasteiger partial charge in [0.2, 0.25) is 15.9 Å². The average Bonchev–Trinajstić information content (AvgIpc) is 2.53. The van der Waals surface area contributed by atoms with Crippen LogP contribution in [0.15, 0.2) is 35.2 Å². The number of carbonyl (C=O) groups excluding carboxylic acids is 1. The normalized spacial score (nSPS) is 13.2. The van der Waals surface area contributed by atoms with Gasteiger partial charge in [-0.2, -0.15) is 0 Å². The van der Waals surface area contributed by atoms with Gasteiger partial charge in [0.15, 0.2) is 0 Å². The van der Waals surface area contributed by atoms with E-state index in [0.717, 1.165) is 0 Å². The Labute approximate surface area is 154 Å². The molecule has 146 valence electrons. The van der Waals surface area contributed by atoms with Crippen molar-refractivity contribution in [2.24, 2.45) is 0 Å². The van der Waals surface area contributed by atoms with E-state index in [0.29, 0.717) is 0 Å². The van der Waals surface area contributed by atoms with Gasteiger partial charge < -0.3 is 15.2 Å². The van der Waals surface area contributed by atoms with Gasteiger partial charge in [0, 0.05) is 26.0 Å². The molecule has 0 saturated carbocycles. The summed E-state index contributed by atoms with van der Waals surface area (Å²) in [5.41, 5.74) is -0.400. The molecule has 1 amide bonds. The van der Waals surface area contributed by atoms with Crippen LogP contribution in [-0.2, 0) is 24.3 Å². The maximum atomic E-state index is 12.0. The molecule has 1 unspecified atom stereocenters. The second-order valence-electron chi connectivity index (χ2n) is 6.67. The molecule has 0 radical (unpaired) electrons. The maximum absolute atomic E-state index is 12.0. The fourth-order valence-corrected chi connectivity index (χ4v) is 3.04. The first-order valence-electron chi connectivity index (χ1n) is 8.22. The van der Waals surface area contributed by atoms with Crippen LogP contribution in [0.25, 0.3) is 0 Å². The Bertz CT molecular complexity index is 698. The van der Waals surface area contributed by atoms with Gasteiger partial charge in [-0.3, -0.25) is 4.79 Å². The molecule has 0 aromatic heterocycles. The van der Waals surface area contributed by atoms with E-state index < -0.39 is 33.5 Å². The van der Waals surface area contributed by atoms with Crippen molar-refractivity contribution in [3.05, 3.63) is 30.3 Å². The summed E-state index contributed by atoms with van der Waals surface area (Å²) in [5, 5.41) is 11.5. The Morgan fingerprint density at radius 3 is 2.35 bits per heavy atom. The van der Waals surface area contributed by atoms with Crippen LogP contribution in [0.1, 0.15) is 33.6 Å². The number of amides is 1. The molecule has 26 heavy (non-hydrogen) atoms. The highest BCUT2D eigenvalue weighted by molar-refractivity contribution is 7.89. The van der Waals surface area contributed by atoms with Gasteiger partial charge in [0.05, 0.1) is 10.5 Å². The Kier molecular flexibility index (Phi) is 8.19. The third-order valence-electron chi connectivity index (χ3n) is 3.27. The van der Waals surface area contributed by atoms with E-state index in [1.165, 1.54) is 12.1 Å². The van der Waals surface area contributed by atoms with Gasteiger partial charge in [-0.25, -0.2) is 17.9 Å². The van der Waals surface area contributed by atoms with Crippen LogP contribution in [-0.4, -0.2) is 50.2 Å². The third-order valence-corrected chi connectivity index (χ3v) is 4.75. The van der Waals surface area contributed by atoms with Crippen LogP contribution >= 0.6 is 0 Å². The lowest BCUT2D eigenvalue weighted by Gasteiger charge is -2.21. The number of hydrogen-bond acceptors (Lipinski definition) is 5. The van der Waals surface area contributed by atoms with Crippen LogP contribution in [0.5, 0.6) is 0 Å². The van der Waals surface area contributed by atoms with Crippen LogP contribution in [0, 0.1) is 0 Å². The van der Waals surface area contributed by atoms with Gasteiger partial charge >= 0.3 is 5.97 Å². The zero-order valence-corrected chi connectivity index (χ0v) is 16.0. The summed E-state index contributed by atoms with van der Waals surface area (Å²) in [6, 6.07) is 6.69. The summed E-state index contributed by atoms with van der Waals surface area (Å²) >= 11 is 0. The van der Waals surface area contributed by atoms with E-state index in [9.17, 15) is 23.1 Å². The van der Waals surface area contributed by atoms with Crippen LogP contribution in [0.4, 0.5) is 0 Å². The number of ether oxygens (including phenoxy) is 1. The van der Waals surface area contributed by atoms with Gasteiger partial charge in [-0.05, 0) is 32.9 Å². The summed E-state index contributed by atoms with van der Waals surface area (Å²) in [6.45, 7) is 5.59. The van der Waals surface area contributed by atoms with E-state index in [1.807, 2.05) is 20.8 Å². The van der Waals surface area contributed by atoms with Crippen molar-refractivity contribution in [1.82, 2.24) is 10.0 Å². The molecule has 0 aliphatic rings. The largest absolute Gasteiger partial charge is 0.480 e. The molecule has 0 aliphatic carbocycles. The first-order chi connectivity index (χ1) is 12.0. The lowest BCUT2D eigenvalue weighted by Crippen LogP contribution is -2.43. The van der Waals surface area contributed by atoms with Crippen molar-refractivity contribution in [2.45, 2.75) is 50.2 Å². The van der Waals surface area contributed by atoms with Crippen molar-refractivity contribution in [3.8, 4) is 0 Å². The number of carboxylic acid groups (broad SMARTS) is 1. The Hall–Kier alpha value is -1.97. The predicted molar refractivity (Wildman–Crippen MR) is 96.1 cm³/mol. The smallest absolute Gasteiger partial charge is 0.326 e. The average molecular weight is 386 g/mol.